The SMILES string of the molecule is Cc1nn(Cc2ccccc2)c(C)c1C(=O)N1CCC[C@@H](C(=O)Nc2ccccc2)C1. The van der Waals surface area contributed by atoms with E-state index in [-0.39, 0.29) is 17.7 Å². The van der Waals surface area contributed by atoms with Crippen molar-refractivity contribution >= 4 is 17.5 Å². The largest absolute Gasteiger partial charge is 0.338 e. The van der Waals surface area contributed by atoms with Gasteiger partial charge >= 0.3 is 0 Å². The molecular formula is C25H28N4O2. The van der Waals surface area contributed by atoms with E-state index in [0.717, 1.165) is 35.5 Å². The number of benzene rings is 2. The van der Waals surface area contributed by atoms with E-state index in [4.69, 9.17) is 0 Å². The van der Waals surface area contributed by atoms with Crippen molar-refractivity contribution in [3.63, 3.8) is 0 Å². The zero-order valence-electron chi connectivity index (χ0n) is 18.0. The molecule has 160 valence electrons. The lowest BCUT2D eigenvalue weighted by Crippen LogP contribution is -2.44. The number of hydrogen-bond donors (Lipinski definition) is 1. The summed E-state index contributed by atoms with van der Waals surface area (Å²) in [6.07, 6.45) is 1.60. The summed E-state index contributed by atoms with van der Waals surface area (Å²) >= 11 is 0. The third kappa shape index (κ3) is 4.68. The topological polar surface area (TPSA) is 67.2 Å². The molecule has 0 radical (unpaired) electrons. The van der Waals surface area contributed by atoms with Gasteiger partial charge in [0.2, 0.25) is 5.91 Å². The number of anilines is 1. The van der Waals surface area contributed by atoms with Gasteiger partial charge in [-0.15, -0.1) is 0 Å². The molecule has 0 bridgehead atoms. The molecular weight excluding hydrogens is 388 g/mol. The molecule has 1 N–H and O–H groups in total. The van der Waals surface area contributed by atoms with E-state index in [2.05, 4.69) is 22.5 Å². The number of piperidine rings is 1. The van der Waals surface area contributed by atoms with E-state index >= 15 is 0 Å². The Balaban J connectivity index is 1.47. The Morgan fingerprint density at radius 2 is 1.71 bits per heavy atom. The zero-order valence-corrected chi connectivity index (χ0v) is 18.0. The highest BCUT2D eigenvalue weighted by Gasteiger charge is 2.31. The van der Waals surface area contributed by atoms with Crippen LogP contribution < -0.4 is 5.32 Å². The molecule has 1 fully saturated rings. The van der Waals surface area contributed by atoms with E-state index < -0.39 is 0 Å². The molecule has 0 aliphatic carbocycles. The average Bonchev–Trinajstić information content (AvgIpc) is 3.07. The van der Waals surface area contributed by atoms with Crippen LogP contribution in [0.3, 0.4) is 0 Å². The molecule has 1 saturated heterocycles. The number of nitrogens with zero attached hydrogens (tertiary/aromatic N) is 3. The fourth-order valence-electron chi connectivity index (χ4n) is 4.22. The monoisotopic (exact) mass is 416 g/mol. The lowest BCUT2D eigenvalue weighted by molar-refractivity contribution is -0.121. The van der Waals surface area contributed by atoms with Crippen LogP contribution in [0.15, 0.2) is 60.7 Å². The van der Waals surface area contributed by atoms with Crippen LogP contribution in [-0.4, -0.2) is 39.6 Å². The van der Waals surface area contributed by atoms with Gasteiger partial charge in [-0.05, 0) is 44.4 Å². The minimum Gasteiger partial charge on any atom is -0.338 e. The van der Waals surface area contributed by atoms with E-state index in [9.17, 15) is 9.59 Å². The number of carbonyl (C=O) groups excluding carboxylic acids is 2. The fraction of sp³-hybridized carbons (Fsp3) is 0.320. The van der Waals surface area contributed by atoms with E-state index in [1.54, 1.807) is 0 Å². The molecule has 2 aromatic carbocycles. The first-order valence-electron chi connectivity index (χ1n) is 10.8. The molecule has 31 heavy (non-hydrogen) atoms. The van der Waals surface area contributed by atoms with Crippen molar-refractivity contribution in [1.82, 2.24) is 14.7 Å². The Morgan fingerprint density at radius 3 is 2.42 bits per heavy atom. The maximum Gasteiger partial charge on any atom is 0.257 e. The molecule has 2 amide bonds. The first kappa shape index (κ1) is 20.8. The van der Waals surface area contributed by atoms with Gasteiger partial charge in [0.15, 0.2) is 0 Å². The summed E-state index contributed by atoms with van der Waals surface area (Å²) in [6, 6.07) is 19.5. The number of para-hydroxylation sites is 1. The number of carbonyl (C=O) groups is 2. The van der Waals surface area contributed by atoms with Crippen LogP contribution in [0.25, 0.3) is 0 Å². The van der Waals surface area contributed by atoms with Gasteiger partial charge in [-0.1, -0.05) is 48.5 Å². The van der Waals surface area contributed by atoms with Gasteiger partial charge in [-0.25, -0.2) is 0 Å². The Morgan fingerprint density at radius 1 is 1.03 bits per heavy atom. The van der Waals surface area contributed by atoms with Crippen molar-refractivity contribution in [2.24, 2.45) is 5.92 Å². The quantitative estimate of drug-likeness (QED) is 0.683. The standard InChI is InChI=1S/C25H28N4O2/c1-18-23(19(2)29(27-18)16-20-10-5-3-6-11-20)25(31)28-15-9-12-21(17-28)24(30)26-22-13-7-4-8-14-22/h3-8,10-11,13-14,21H,9,12,15-17H2,1-2H3,(H,26,30)/t21-/m1/s1. The summed E-state index contributed by atoms with van der Waals surface area (Å²) in [5, 5.41) is 7.59. The van der Waals surface area contributed by atoms with Crippen LogP contribution >= 0.6 is 0 Å². The molecule has 0 unspecified atom stereocenters. The predicted octanol–water partition coefficient (Wildman–Crippen LogP) is 4.04. The van der Waals surface area contributed by atoms with Crippen molar-refractivity contribution in [1.29, 1.82) is 0 Å². The summed E-state index contributed by atoms with van der Waals surface area (Å²) < 4.78 is 1.89. The number of nitrogens with one attached hydrogen (secondary N) is 1. The number of rotatable bonds is 5. The Labute approximate surface area is 182 Å². The Bertz CT molecular complexity index is 1060. The Kier molecular flexibility index (Phi) is 6.16. The zero-order chi connectivity index (χ0) is 21.8. The van der Waals surface area contributed by atoms with Crippen molar-refractivity contribution in [2.75, 3.05) is 18.4 Å². The summed E-state index contributed by atoms with van der Waals surface area (Å²) in [4.78, 5) is 27.9. The maximum absolute atomic E-state index is 13.4. The third-order valence-electron chi connectivity index (χ3n) is 5.89. The smallest absolute Gasteiger partial charge is 0.257 e. The van der Waals surface area contributed by atoms with Crippen molar-refractivity contribution in [3.8, 4) is 0 Å². The number of hydrogen-bond acceptors (Lipinski definition) is 3. The minimum absolute atomic E-state index is 0.0306. The predicted molar refractivity (Wildman–Crippen MR) is 121 cm³/mol. The average molecular weight is 417 g/mol. The second-order valence-electron chi connectivity index (χ2n) is 8.13. The van der Waals surface area contributed by atoms with Crippen molar-refractivity contribution in [2.45, 2.75) is 33.2 Å². The highest BCUT2D eigenvalue weighted by atomic mass is 16.2. The van der Waals surface area contributed by atoms with Crippen molar-refractivity contribution < 1.29 is 9.59 Å². The lowest BCUT2D eigenvalue weighted by atomic mass is 9.96. The molecule has 3 aromatic rings. The van der Waals surface area contributed by atoms with Gasteiger partial charge in [0.05, 0.1) is 23.7 Å². The molecule has 6 heteroatoms. The summed E-state index contributed by atoms with van der Waals surface area (Å²) in [7, 11) is 0. The number of amides is 2. The fourth-order valence-corrected chi connectivity index (χ4v) is 4.22. The molecule has 1 aromatic heterocycles. The molecule has 0 saturated carbocycles. The molecule has 1 aliphatic heterocycles. The minimum atomic E-state index is -0.210. The molecule has 1 atom stereocenters. The van der Waals surface area contributed by atoms with Gasteiger partial charge in [0, 0.05) is 24.5 Å². The molecule has 0 spiro atoms. The second kappa shape index (κ2) is 9.16. The molecule has 4 rings (SSSR count). The van der Waals surface area contributed by atoms with Crippen LogP contribution in [0.4, 0.5) is 5.69 Å². The lowest BCUT2D eigenvalue weighted by Gasteiger charge is -2.32. The summed E-state index contributed by atoms with van der Waals surface area (Å²) in [5.41, 5.74) is 4.17. The van der Waals surface area contributed by atoms with Gasteiger partial charge in [-0.3, -0.25) is 14.3 Å². The normalized spacial score (nSPS) is 16.2. The number of aryl methyl sites for hydroxylation is 1. The van der Waals surface area contributed by atoms with Gasteiger partial charge in [0.25, 0.3) is 5.91 Å². The maximum atomic E-state index is 13.4. The highest BCUT2D eigenvalue weighted by molar-refractivity contribution is 5.97. The number of aromatic nitrogens is 2. The summed E-state index contributed by atoms with van der Waals surface area (Å²) in [6.45, 7) is 5.55. The van der Waals surface area contributed by atoms with Crippen LogP contribution in [0.2, 0.25) is 0 Å². The van der Waals surface area contributed by atoms with Gasteiger partial charge < -0.3 is 10.2 Å². The first-order valence-corrected chi connectivity index (χ1v) is 10.8. The van der Waals surface area contributed by atoms with Crippen LogP contribution in [-0.2, 0) is 11.3 Å². The molecule has 2 heterocycles. The summed E-state index contributed by atoms with van der Waals surface area (Å²) in [5.74, 6) is -0.277. The third-order valence-corrected chi connectivity index (χ3v) is 5.89. The van der Waals surface area contributed by atoms with Crippen LogP contribution in [0.1, 0.15) is 40.2 Å². The molecule has 6 nitrogen and oxygen atoms in total. The number of likely N-dealkylation sites (tertiary alicyclic amines) is 1. The van der Waals surface area contributed by atoms with E-state index in [0.29, 0.717) is 25.2 Å². The molecule has 1 aliphatic rings. The van der Waals surface area contributed by atoms with Crippen LogP contribution in [0, 0.1) is 19.8 Å². The highest BCUT2D eigenvalue weighted by Crippen LogP contribution is 2.23. The van der Waals surface area contributed by atoms with Gasteiger partial charge in [-0.2, -0.15) is 5.10 Å². The first-order chi connectivity index (χ1) is 15.0. The second-order valence-corrected chi connectivity index (χ2v) is 8.13. The van der Waals surface area contributed by atoms with Crippen molar-refractivity contribution in [3.05, 3.63) is 83.2 Å². The van der Waals surface area contributed by atoms with E-state index in [1.807, 2.05) is 72.0 Å². The van der Waals surface area contributed by atoms with E-state index in [1.165, 1.54) is 0 Å². The van der Waals surface area contributed by atoms with Gasteiger partial charge in [0.1, 0.15) is 0 Å². The van der Waals surface area contributed by atoms with Crippen LogP contribution in [0.5, 0.6) is 0 Å². The Hall–Kier alpha value is -3.41.